The number of hydrogen-bond donors (Lipinski definition) is 1. The molecule has 0 amide bonds. The number of rotatable bonds is 3. The van der Waals surface area contributed by atoms with E-state index in [-0.39, 0.29) is 24.3 Å². The molecule has 1 saturated heterocycles. The Kier molecular flexibility index (Phi) is 3.02. The summed E-state index contributed by atoms with van der Waals surface area (Å²) in [6.07, 6.45) is 4.56. The van der Waals surface area contributed by atoms with Gasteiger partial charge < -0.3 is 5.11 Å². The molecule has 1 aromatic carbocycles. The van der Waals surface area contributed by atoms with Crippen LogP contribution in [0.15, 0.2) is 42.5 Å². The molecular formula is C15H17NO2. The van der Waals surface area contributed by atoms with Crippen LogP contribution in [0.1, 0.15) is 12.0 Å². The molecule has 0 unspecified atom stereocenters. The molecule has 0 aliphatic carbocycles. The van der Waals surface area contributed by atoms with Crippen molar-refractivity contribution in [1.82, 2.24) is 4.90 Å². The summed E-state index contributed by atoms with van der Waals surface area (Å²) in [6.45, 7) is 0.878. The Balaban J connectivity index is 1.84. The quantitative estimate of drug-likeness (QED) is 0.872. The predicted octanol–water partition coefficient (Wildman–Crippen LogP) is 1.38. The Labute approximate surface area is 107 Å². The molecule has 1 aromatic rings. The van der Waals surface area contributed by atoms with Crippen LogP contribution in [0, 0.1) is 5.92 Å². The predicted molar refractivity (Wildman–Crippen MR) is 68.9 cm³/mol. The number of aliphatic hydroxyl groups is 1. The van der Waals surface area contributed by atoms with Crippen LogP contribution in [0.2, 0.25) is 0 Å². The van der Waals surface area contributed by atoms with Gasteiger partial charge in [-0.25, -0.2) is 0 Å². The van der Waals surface area contributed by atoms with Gasteiger partial charge >= 0.3 is 0 Å². The summed E-state index contributed by atoms with van der Waals surface area (Å²) in [5, 5.41) is 9.41. The van der Waals surface area contributed by atoms with Crippen molar-refractivity contribution < 1.29 is 9.90 Å². The van der Waals surface area contributed by atoms with Crippen molar-refractivity contribution in [2.75, 3.05) is 6.61 Å². The SMILES string of the molecule is O=C1C=C[C@H]2C[C@@H](CO)[C@@H]1N2Cc1ccccc1. The number of carbonyl (C=O) groups excluding carboxylic acids is 1. The maximum atomic E-state index is 12.0. The molecule has 0 radical (unpaired) electrons. The highest BCUT2D eigenvalue weighted by Crippen LogP contribution is 2.35. The van der Waals surface area contributed by atoms with Gasteiger partial charge in [0.15, 0.2) is 5.78 Å². The van der Waals surface area contributed by atoms with Gasteiger partial charge in [-0.15, -0.1) is 0 Å². The van der Waals surface area contributed by atoms with Crippen molar-refractivity contribution in [2.45, 2.75) is 25.0 Å². The topological polar surface area (TPSA) is 40.5 Å². The lowest BCUT2D eigenvalue weighted by atomic mass is 9.98. The summed E-state index contributed by atoms with van der Waals surface area (Å²) in [5.41, 5.74) is 1.22. The Morgan fingerprint density at radius 3 is 2.78 bits per heavy atom. The third-order valence-corrected chi connectivity index (χ3v) is 3.99. The molecular weight excluding hydrogens is 226 g/mol. The van der Waals surface area contributed by atoms with Crippen molar-refractivity contribution >= 4 is 5.78 Å². The van der Waals surface area contributed by atoms with E-state index in [9.17, 15) is 9.90 Å². The first-order chi connectivity index (χ1) is 8.79. The molecule has 0 spiro atoms. The zero-order valence-electron chi connectivity index (χ0n) is 10.2. The number of fused-ring (bicyclic) bond motifs is 2. The van der Waals surface area contributed by atoms with Gasteiger partial charge in [-0.3, -0.25) is 9.69 Å². The fourth-order valence-corrected chi connectivity index (χ4v) is 3.13. The molecule has 3 atom stereocenters. The third kappa shape index (κ3) is 1.89. The van der Waals surface area contributed by atoms with Crippen LogP contribution in [0.25, 0.3) is 0 Å². The van der Waals surface area contributed by atoms with Crippen LogP contribution in [-0.4, -0.2) is 34.5 Å². The third-order valence-electron chi connectivity index (χ3n) is 3.99. The number of ketones is 1. The van der Waals surface area contributed by atoms with Crippen molar-refractivity contribution in [2.24, 2.45) is 5.92 Å². The standard InChI is InChI=1S/C15H17NO2/c17-10-12-8-13-6-7-14(18)15(12)16(13)9-11-4-2-1-3-5-11/h1-7,12-13,15,17H,8-10H2/t12-,13-,15-/m0/s1. The first-order valence-electron chi connectivity index (χ1n) is 6.42. The van der Waals surface area contributed by atoms with Crippen molar-refractivity contribution in [3.8, 4) is 0 Å². The number of nitrogens with zero attached hydrogens (tertiary/aromatic N) is 1. The average Bonchev–Trinajstić information content (AvgIpc) is 2.65. The molecule has 2 aliphatic heterocycles. The second kappa shape index (κ2) is 4.67. The van der Waals surface area contributed by atoms with E-state index in [1.807, 2.05) is 24.3 Å². The number of benzene rings is 1. The van der Waals surface area contributed by atoms with Gasteiger partial charge in [0.25, 0.3) is 0 Å². The van der Waals surface area contributed by atoms with Crippen LogP contribution in [-0.2, 0) is 11.3 Å². The summed E-state index contributed by atoms with van der Waals surface area (Å²) in [7, 11) is 0. The lowest BCUT2D eigenvalue weighted by Crippen LogP contribution is -2.44. The average molecular weight is 243 g/mol. The zero-order valence-corrected chi connectivity index (χ0v) is 10.2. The van der Waals surface area contributed by atoms with Gasteiger partial charge in [-0.1, -0.05) is 36.4 Å². The van der Waals surface area contributed by atoms with Gasteiger partial charge in [0.2, 0.25) is 0 Å². The van der Waals surface area contributed by atoms with Crippen LogP contribution >= 0.6 is 0 Å². The largest absolute Gasteiger partial charge is 0.396 e. The van der Waals surface area contributed by atoms with E-state index in [1.54, 1.807) is 6.08 Å². The molecule has 1 fully saturated rings. The molecule has 3 heteroatoms. The highest BCUT2D eigenvalue weighted by Gasteiger charge is 2.45. The zero-order chi connectivity index (χ0) is 12.5. The van der Waals surface area contributed by atoms with Gasteiger partial charge in [0.05, 0.1) is 6.04 Å². The van der Waals surface area contributed by atoms with Crippen LogP contribution in [0.3, 0.4) is 0 Å². The summed E-state index contributed by atoms with van der Waals surface area (Å²) in [6, 6.07) is 10.3. The number of hydrogen-bond acceptors (Lipinski definition) is 3. The van der Waals surface area contributed by atoms with Crippen molar-refractivity contribution in [3.05, 3.63) is 48.0 Å². The minimum Gasteiger partial charge on any atom is -0.396 e. The Hall–Kier alpha value is -1.45. The highest BCUT2D eigenvalue weighted by atomic mass is 16.3. The van der Waals surface area contributed by atoms with Crippen molar-refractivity contribution in [1.29, 1.82) is 0 Å². The fourth-order valence-electron chi connectivity index (χ4n) is 3.13. The first kappa shape index (κ1) is 11.6. The summed E-state index contributed by atoms with van der Waals surface area (Å²) < 4.78 is 0. The lowest BCUT2D eigenvalue weighted by molar-refractivity contribution is -0.121. The van der Waals surface area contributed by atoms with Gasteiger partial charge in [0.1, 0.15) is 0 Å². The smallest absolute Gasteiger partial charge is 0.172 e. The molecule has 2 aliphatic rings. The first-order valence-corrected chi connectivity index (χ1v) is 6.42. The van der Waals surface area contributed by atoms with E-state index < -0.39 is 0 Å². The second-order valence-corrected chi connectivity index (χ2v) is 5.11. The summed E-state index contributed by atoms with van der Waals surface area (Å²) in [4.78, 5) is 14.2. The second-order valence-electron chi connectivity index (χ2n) is 5.11. The van der Waals surface area contributed by atoms with E-state index in [0.717, 1.165) is 13.0 Å². The number of aliphatic hydroxyl groups excluding tert-OH is 1. The normalized spacial score (nSPS) is 30.9. The van der Waals surface area contributed by atoms with E-state index in [2.05, 4.69) is 17.0 Å². The van der Waals surface area contributed by atoms with Crippen LogP contribution in [0.4, 0.5) is 0 Å². The van der Waals surface area contributed by atoms with E-state index in [1.165, 1.54) is 5.56 Å². The summed E-state index contributed by atoms with van der Waals surface area (Å²) >= 11 is 0. The lowest BCUT2D eigenvalue weighted by Gasteiger charge is -2.31. The molecule has 1 N–H and O–H groups in total. The van der Waals surface area contributed by atoms with Gasteiger partial charge in [0, 0.05) is 25.1 Å². The Morgan fingerprint density at radius 2 is 2.06 bits per heavy atom. The van der Waals surface area contributed by atoms with E-state index in [4.69, 9.17) is 0 Å². The maximum Gasteiger partial charge on any atom is 0.172 e. The minimum absolute atomic E-state index is 0.0845. The molecule has 0 aromatic heterocycles. The highest BCUT2D eigenvalue weighted by molar-refractivity contribution is 5.96. The van der Waals surface area contributed by atoms with E-state index in [0.29, 0.717) is 6.04 Å². The van der Waals surface area contributed by atoms with Crippen molar-refractivity contribution in [3.63, 3.8) is 0 Å². The van der Waals surface area contributed by atoms with Gasteiger partial charge in [-0.05, 0) is 18.1 Å². The number of carbonyl (C=O) groups is 1. The molecule has 3 nitrogen and oxygen atoms in total. The molecule has 2 bridgehead atoms. The monoisotopic (exact) mass is 243 g/mol. The maximum absolute atomic E-state index is 12.0. The summed E-state index contributed by atoms with van der Waals surface area (Å²) in [5.74, 6) is 0.222. The molecule has 94 valence electrons. The van der Waals surface area contributed by atoms with Crippen LogP contribution < -0.4 is 0 Å². The molecule has 3 rings (SSSR count). The molecule has 18 heavy (non-hydrogen) atoms. The fraction of sp³-hybridized carbons (Fsp3) is 0.400. The van der Waals surface area contributed by atoms with E-state index >= 15 is 0 Å². The van der Waals surface area contributed by atoms with Gasteiger partial charge in [-0.2, -0.15) is 0 Å². The molecule has 2 heterocycles. The minimum atomic E-state index is -0.134. The Morgan fingerprint density at radius 1 is 1.28 bits per heavy atom. The Bertz CT molecular complexity index is 469. The van der Waals surface area contributed by atoms with Crippen LogP contribution in [0.5, 0.6) is 0 Å². The molecule has 0 saturated carbocycles.